The minimum absolute atomic E-state index is 0.174. The van der Waals surface area contributed by atoms with Crippen LogP contribution in [0, 0.1) is 12.3 Å². The van der Waals surface area contributed by atoms with Gasteiger partial charge in [-0.1, -0.05) is 12.8 Å². The number of aryl methyl sites for hydroxylation is 1. The van der Waals surface area contributed by atoms with Crippen LogP contribution in [0.3, 0.4) is 0 Å². The Kier molecular flexibility index (Phi) is 3.36. The Hall–Kier alpha value is -1.85. The molecule has 0 saturated heterocycles. The number of H-pyrrole nitrogens is 1. The molecule has 2 rings (SSSR count). The van der Waals surface area contributed by atoms with Gasteiger partial charge in [-0.25, -0.2) is 0 Å². The first-order valence-corrected chi connectivity index (χ1v) is 6.07. The van der Waals surface area contributed by atoms with Crippen LogP contribution in [-0.4, -0.2) is 33.7 Å². The van der Waals surface area contributed by atoms with E-state index in [9.17, 15) is 14.7 Å². The van der Waals surface area contributed by atoms with Crippen molar-refractivity contribution in [3.63, 3.8) is 0 Å². The molecule has 0 aromatic carbocycles. The summed E-state index contributed by atoms with van der Waals surface area (Å²) in [5, 5.41) is 18.5. The maximum atomic E-state index is 11.8. The van der Waals surface area contributed by atoms with Crippen molar-refractivity contribution in [3.05, 3.63) is 17.5 Å². The van der Waals surface area contributed by atoms with Gasteiger partial charge >= 0.3 is 5.97 Å². The second-order valence-electron chi connectivity index (χ2n) is 4.91. The van der Waals surface area contributed by atoms with Crippen molar-refractivity contribution in [1.29, 1.82) is 0 Å². The Morgan fingerprint density at radius 3 is 2.67 bits per heavy atom. The van der Waals surface area contributed by atoms with Crippen molar-refractivity contribution in [2.24, 2.45) is 5.41 Å². The van der Waals surface area contributed by atoms with Crippen molar-refractivity contribution >= 4 is 11.9 Å². The van der Waals surface area contributed by atoms with Crippen LogP contribution in [0.25, 0.3) is 0 Å². The Bertz CT molecular complexity index is 461. The standard InChI is InChI=1S/C12H17N3O3/c1-8-6-9(15-14-8)10(16)13-7-12(11(17)18)4-2-3-5-12/h6H,2-5,7H2,1H3,(H,13,16)(H,14,15)(H,17,18). The third-order valence-corrected chi connectivity index (χ3v) is 3.54. The molecule has 1 aromatic heterocycles. The van der Waals surface area contributed by atoms with Gasteiger partial charge in [0.25, 0.3) is 5.91 Å². The fourth-order valence-corrected chi connectivity index (χ4v) is 2.39. The molecule has 3 N–H and O–H groups in total. The average Bonchev–Trinajstić information content (AvgIpc) is 2.95. The number of rotatable bonds is 4. The van der Waals surface area contributed by atoms with Crippen molar-refractivity contribution in [2.45, 2.75) is 32.6 Å². The van der Waals surface area contributed by atoms with E-state index < -0.39 is 11.4 Å². The summed E-state index contributed by atoms with van der Waals surface area (Å²) in [5.41, 5.74) is 0.307. The van der Waals surface area contributed by atoms with E-state index in [0.29, 0.717) is 18.5 Å². The monoisotopic (exact) mass is 251 g/mol. The van der Waals surface area contributed by atoms with E-state index >= 15 is 0 Å². The summed E-state index contributed by atoms with van der Waals surface area (Å²) in [4.78, 5) is 23.1. The highest BCUT2D eigenvalue weighted by Gasteiger charge is 2.41. The maximum Gasteiger partial charge on any atom is 0.311 e. The zero-order chi connectivity index (χ0) is 13.2. The van der Waals surface area contributed by atoms with Gasteiger partial charge in [0.2, 0.25) is 0 Å². The van der Waals surface area contributed by atoms with Crippen LogP contribution in [-0.2, 0) is 4.79 Å². The molecule has 0 atom stereocenters. The largest absolute Gasteiger partial charge is 0.481 e. The van der Waals surface area contributed by atoms with Crippen molar-refractivity contribution in [2.75, 3.05) is 6.54 Å². The van der Waals surface area contributed by atoms with Crippen LogP contribution < -0.4 is 5.32 Å². The van der Waals surface area contributed by atoms with Crippen LogP contribution in [0.5, 0.6) is 0 Å². The zero-order valence-corrected chi connectivity index (χ0v) is 10.3. The topological polar surface area (TPSA) is 95.1 Å². The first kappa shape index (κ1) is 12.6. The highest BCUT2D eigenvalue weighted by atomic mass is 16.4. The molecule has 1 heterocycles. The Morgan fingerprint density at radius 2 is 2.17 bits per heavy atom. The first-order chi connectivity index (χ1) is 8.53. The number of carboxylic acids is 1. The molecule has 0 spiro atoms. The van der Waals surface area contributed by atoms with Gasteiger partial charge in [0.15, 0.2) is 0 Å². The molecule has 6 heteroatoms. The highest BCUT2D eigenvalue weighted by molar-refractivity contribution is 5.92. The van der Waals surface area contributed by atoms with Crippen LogP contribution in [0.4, 0.5) is 0 Å². The van der Waals surface area contributed by atoms with Gasteiger partial charge in [0.1, 0.15) is 5.69 Å². The van der Waals surface area contributed by atoms with Gasteiger partial charge in [-0.05, 0) is 25.8 Å². The van der Waals surface area contributed by atoms with Crippen LogP contribution in [0.1, 0.15) is 41.9 Å². The Labute approximate surface area is 105 Å². The van der Waals surface area contributed by atoms with E-state index in [-0.39, 0.29) is 12.5 Å². The summed E-state index contributed by atoms with van der Waals surface area (Å²) in [5.74, 6) is -1.15. The second-order valence-corrected chi connectivity index (χ2v) is 4.91. The number of carbonyl (C=O) groups is 2. The second kappa shape index (κ2) is 4.80. The highest BCUT2D eigenvalue weighted by Crippen LogP contribution is 2.37. The molecule has 1 aromatic rings. The number of aromatic nitrogens is 2. The first-order valence-electron chi connectivity index (χ1n) is 6.07. The lowest BCUT2D eigenvalue weighted by molar-refractivity contribution is -0.148. The minimum atomic E-state index is -0.821. The molecule has 1 aliphatic rings. The molecule has 18 heavy (non-hydrogen) atoms. The minimum Gasteiger partial charge on any atom is -0.481 e. The van der Waals surface area contributed by atoms with E-state index in [1.165, 1.54) is 0 Å². The average molecular weight is 251 g/mol. The summed E-state index contributed by atoms with van der Waals surface area (Å²) in [7, 11) is 0. The number of aromatic amines is 1. The van der Waals surface area contributed by atoms with Gasteiger partial charge in [-0.15, -0.1) is 0 Å². The van der Waals surface area contributed by atoms with E-state index in [4.69, 9.17) is 0 Å². The predicted molar refractivity (Wildman–Crippen MR) is 64.2 cm³/mol. The summed E-state index contributed by atoms with van der Waals surface area (Å²) in [6.45, 7) is 1.98. The predicted octanol–water partition coefficient (Wildman–Crippen LogP) is 1.09. The normalized spacial score (nSPS) is 17.6. The molecule has 1 amide bonds. The fourth-order valence-electron chi connectivity index (χ4n) is 2.39. The van der Waals surface area contributed by atoms with E-state index in [2.05, 4.69) is 15.5 Å². The Balaban J connectivity index is 1.98. The number of aliphatic carboxylic acids is 1. The van der Waals surface area contributed by atoms with Crippen molar-refractivity contribution in [3.8, 4) is 0 Å². The number of carboxylic acid groups (broad SMARTS) is 1. The fraction of sp³-hybridized carbons (Fsp3) is 0.583. The summed E-state index contributed by atoms with van der Waals surface area (Å²) >= 11 is 0. The number of hydrogen-bond donors (Lipinski definition) is 3. The van der Waals surface area contributed by atoms with Gasteiger partial charge < -0.3 is 10.4 Å². The molecular weight excluding hydrogens is 234 g/mol. The lowest BCUT2D eigenvalue weighted by Crippen LogP contribution is -2.41. The SMILES string of the molecule is Cc1cc(C(=O)NCC2(C(=O)O)CCCC2)n[nH]1. The number of amides is 1. The van der Waals surface area contributed by atoms with Crippen LogP contribution >= 0.6 is 0 Å². The number of nitrogens with zero attached hydrogens (tertiary/aromatic N) is 1. The van der Waals surface area contributed by atoms with Gasteiger partial charge in [0.05, 0.1) is 5.41 Å². The lowest BCUT2D eigenvalue weighted by atomic mass is 9.86. The molecule has 1 saturated carbocycles. The van der Waals surface area contributed by atoms with Gasteiger partial charge in [0, 0.05) is 12.2 Å². The Morgan fingerprint density at radius 1 is 1.50 bits per heavy atom. The summed E-state index contributed by atoms with van der Waals surface area (Å²) in [6.07, 6.45) is 3.07. The molecule has 1 aliphatic carbocycles. The van der Waals surface area contributed by atoms with Crippen LogP contribution in [0.2, 0.25) is 0 Å². The molecule has 6 nitrogen and oxygen atoms in total. The van der Waals surface area contributed by atoms with E-state index in [1.807, 2.05) is 0 Å². The smallest absolute Gasteiger partial charge is 0.311 e. The van der Waals surface area contributed by atoms with Gasteiger partial charge in [-0.2, -0.15) is 5.10 Å². The molecule has 0 radical (unpaired) electrons. The molecule has 1 fully saturated rings. The zero-order valence-electron chi connectivity index (χ0n) is 10.3. The quantitative estimate of drug-likeness (QED) is 0.746. The van der Waals surface area contributed by atoms with Crippen LogP contribution in [0.15, 0.2) is 6.07 Å². The van der Waals surface area contributed by atoms with Crippen molar-refractivity contribution in [1.82, 2.24) is 15.5 Å². The van der Waals surface area contributed by atoms with E-state index in [1.54, 1.807) is 13.0 Å². The van der Waals surface area contributed by atoms with Crippen molar-refractivity contribution < 1.29 is 14.7 Å². The molecule has 0 bridgehead atoms. The van der Waals surface area contributed by atoms with E-state index in [0.717, 1.165) is 18.5 Å². The molecule has 98 valence electrons. The maximum absolute atomic E-state index is 11.8. The third kappa shape index (κ3) is 2.37. The summed E-state index contributed by atoms with van der Waals surface area (Å²) in [6, 6.07) is 1.64. The molecule has 0 aliphatic heterocycles. The molecular formula is C12H17N3O3. The summed E-state index contributed by atoms with van der Waals surface area (Å²) < 4.78 is 0. The van der Waals surface area contributed by atoms with Gasteiger partial charge in [-0.3, -0.25) is 14.7 Å². The number of nitrogens with one attached hydrogen (secondary N) is 2. The number of carbonyl (C=O) groups excluding carboxylic acids is 1. The third-order valence-electron chi connectivity index (χ3n) is 3.54. The lowest BCUT2D eigenvalue weighted by Gasteiger charge is -2.23. The molecule has 0 unspecified atom stereocenters. The number of hydrogen-bond acceptors (Lipinski definition) is 3.